The van der Waals surface area contributed by atoms with Crippen molar-refractivity contribution >= 4 is 63.9 Å². The molecule has 3 nitrogen and oxygen atoms in total. The number of thioether (sulfide) groups is 1. The van der Waals surface area contributed by atoms with Crippen LogP contribution >= 0.6 is 46.6 Å². The van der Waals surface area contributed by atoms with Crippen LogP contribution < -0.4 is 5.32 Å². The Morgan fingerprint density at radius 2 is 1.52 bits per heavy atom. The van der Waals surface area contributed by atoms with Gasteiger partial charge in [0.15, 0.2) is 5.78 Å². The van der Waals surface area contributed by atoms with Crippen LogP contribution in [0.1, 0.15) is 15.9 Å². The lowest BCUT2D eigenvalue weighted by Gasteiger charge is -2.07. The summed E-state index contributed by atoms with van der Waals surface area (Å²) in [5.74, 6) is 0.136. The van der Waals surface area contributed by atoms with Gasteiger partial charge in [0, 0.05) is 21.2 Å². The van der Waals surface area contributed by atoms with Crippen LogP contribution in [-0.2, 0) is 11.2 Å². The average Bonchev–Trinajstić information content (AvgIpc) is 2.71. The minimum absolute atomic E-state index is 0.0334. The van der Waals surface area contributed by atoms with Crippen molar-refractivity contribution in [3.8, 4) is 0 Å². The number of carbonyl (C=O) groups is 2. The first-order valence-electron chi connectivity index (χ1n) is 8.66. The third-order valence-electron chi connectivity index (χ3n) is 4.03. The van der Waals surface area contributed by atoms with Crippen molar-refractivity contribution < 1.29 is 9.59 Å². The summed E-state index contributed by atoms with van der Waals surface area (Å²) in [6.45, 7) is 0. The summed E-state index contributed by atoms with van der Waals surface area (Å²) in [4.78, 5) is 25.4. The number of hydrogen-bond donors (Lipinski definition) is 1. The van der Waals surface area contributed by atoms with Gasteiger partial charge in [-0.15, -0.1) is 11.8 Å². The molecule has 3 aromatic rings. The fraction of sp³-hybridized carbons (Fsp3) is 0.0909. The van der Waals surface area contributed by atoms with E-state index in [4.69, 9.17) is 34.8 Å². The summed E-state index contributed by atoms with van der Waals surface area (Å²) >= 11 is 19.1. The number of benzene rings is 3. The van der Waals surface area contributed by atoms with Crippen molar-refractivity contribution in [2.75, 3.05) is 11.1 Å². The lowest BCUT2D eigenvalue weighted by molar-refractivity contribution is -0.115. The second kappa shape index (κ2) is 10.2. The average molecular weight is 465 g/mol. The molecule has 0 unspecified atom stereocenters. The Hall–Kier alpha value is -1.98. The summed E-state index contributed by atoms with van der Waals surface area (Å²) in [5.41, 5.74) is 2.11. The van der Waals surface area contributed by atoms with E-state index in [2.05, 4.69) is 5.32 Å². The van der Waals surface area contributed by atoms with E-state index in [0.717, 1.165) is 10.5 Å². The number of ketones is 1. The fourth-order valence-electron chi connectivity index (χ4n) is 2.53. The molecule has 0 bridgehead atoms. The van der Waals surface area contributed by atoms with Gasteiger partial charge in [0.25, 0.3) is 0 Å². The summed E-state index contributed by atoms with van der Waals surface area (Å²) in [6.07, 6.45) is 0.270. The molecule has 1 amide bonds. The number of nitrogens with one attached hydrogen (secondary N) is 1. The lowest BCUT2D eigenvalue weighted by Crippen LogP contribution is -2.14. The molecule has 3 rings (SSSR count). The van der Waals surface area contributed by atoms with E-state index < -0.39 is 0 Å². The third kappa shape index (κ3) is 6.51. The van der Waals surface area contributed by atoms with Gasteiger partial charge < -0.3 is 5.32 Å². The quantitative estimate of drug-likeness (QED) is 0.309. The Balaban J connectivity index is 1.51. The van der Waals surface area contributed by atoms with E-state index in [1.165, 1.54) is 11.8 Å². The van der Waals surface area contributed by atoms with Crippen LogP contribution in [0.25, 0.3) is 0 Å². The van der Waals surface area contributed by atoms with Crippen LogP contribution in [0.5, 0.6) is 0 Å². The van der Waals surface area contributed by atoms with E-state index in [1.54, 1.807) is 30.3 Å². The highest BCUT2D eigenvalue weighted by atomic mass is 35.5. The van der Waals surface area contributed by atoms with E-state index in [1.807, 2.05) is 36.4 Å². The van der Waals surface area contributed by atoms with E-state index in [-0.39, 0.29) is 23.9 Å². The van der Waals surface area contributed by atoms with Crippen LogP contribution in [0, 0.1) is 0 Å². The number of anilines is 1. The second-order valence-corrected chi connectivity index (χ2v) is 8.52. The topological polar surface area (TPSA) is 46.2 Å². The van der Waals surface area contributed by atoms with Gasteiger partial charge in [-0.1, -0.05) is 46.9 Å². The number of hydrogen-bond acceptors (Lipinski definition) is 3. The molecule has 0 spiro atoms. The van der Waals surface area contributed by atoms with Crippen LogP contribution in [0.15, 0.2) is 71.6 Å². The highest BCUT2D eigenvalue weighted by Crippen LogP contribution is 2.25. The summed E-state index contributed by atoms with van der Waals surface area (Å²) in [5, 5.41) is 4.28. The molecule has 0 aliphatic rings. The number of rotatable bonds is 7. The molecule has 148 valence electrons. The molecular weight excluding hydrogens is 449 g/mol. The predicted octanol–water partition coefficient (Wildman–Crippen LogP) is 6.80. The third-order valence-corrected chi connectivity index (χ3v) is 6.03. The van der Waals surface area contributed by atoms with Crippen molar-refractivity contribution in [2.45, 2.75) is 11.3 Å². The molecule has 0 aromatic heterocycles. The summed E-state index contributed by atoms with van der Waals surface area (Å²) in [7, 11) is 0. The first-order valence-corrected chi connectivity index (χ1v) is 10.8. The Morgan fingerprint density at radius 3 is 2.17 bits per heavy atom. The number of Topliss-reactive ketones (excluding diaryl/α,β-unsaturated/α-hetero) is 1. The van der Waals surface area contributed by atoms with Crippen molar-refractivity contribution in [3.05, 3.63) is 92.9 Å². The van der Waals surface area contributed by atoms with E-state index in [9.17, 15) is 9.59 Å². The number of carbonyl (C=O) groups excluding carboxylic acids is 2. The highest BCUT2D eigenvalue weighted by molar-refractivity contribution is 8.00. The van der Waals surface area contributed by atoms with E-state index in [0.29, 0.717) is 26.3 Å². The first-order chi connectivity index (χ1) is 13.9. The van der Waals surface area contributed by atoms with Crippen LogP contribution in [0.3, 0.4) is 0 Å². The largest absolute Gasteiger partial charge is 0.326 e. The lowest BCUT2D eigenvalue weighted by atomic mass is 10.1. The van der Waals surface area contributed by atoms with Gasteiger partial charge in [-0.05, 0) is 60.2 Å². The zero-order valence-corrected chi connectivity index (χ0v) is 18.2. The normalized spacial score (nSPS) is 10.6. The smallest absolute Gasteiger partial charge is 0.228 e. The zero-order chi connectivity index (χ0) is 20.8. The minimum atomic E-state index is -0.109. The Morgan fingerprint density at radius 1 is 0.828 bits per heavy atom. The van der Waals surface area contributed by atoms with Gasteiger partial charge in [0.05, 0.1) is 22.2 Å². The monoisotopic (exact) mass is 463 g/mol. The van der Waals surface area contributed by atoms with Crippen LogP contribution in [0.2, 0.25) is 15.1 Å². The minimum Gasteiger partial charge on any atom is -0.326 e. The number of halogens is 3. The van der Waals surface area contributed by atoms with Crippen molar-refractivity contribution in [3.63, 3.8) is 0 Å². The van der Waals surface area contributed by atoms with Gasteiger partial charge in [-0.25, -0.2) is 0 Å². The van der Waals surface area contributed by atoms with Crippen molar-refractivity contribution in [1.82, 2.24) is 0 Å². The second-order valence-electron chi connectivity index (χ2n) is 6.22. The molecule has 0 heterocycles. The molecule has 0 fully saturated rings. The van der Waals surface area contributed by atoms with Crippen LogP contribution in [0.4, 0.5) is 5.69 Å². The maximum Gasteiger partial charge on any atom is 0.228 e. The Kier molecular flexibility index (Phi) is 7.62. The van der Waals surface area contributed by atoms with Gasteiger partial charge in [-0.3, -0.25) is 9.59 Å². The maximum atomic E-state index is 12.3. The maximum absolute atomic E-state index is 12.3. The van der Waals surface area contributed by atoms with Gasteiger partial charge in [-0.2, -0.15) is 0 Å². The molecule has 0 radical (unpaired) electrons. The molecule has 0 aliphatic heterocycles. The number of amides is 1. The Bertz CT molecular complexity index is 1020. The molecule has 0 atom stereocenters. The first kappa shape index (κ1) is 21.7. The molecule has 0 saturated heterocycles. The molecule has 7 heteroatoms. The molecule has 29 heavy (non-hydrogen) atoms. The molecule has 3 aromatic carbocycles. The predicted molar refractivity (Wildman–Crippen MR) is 122 cm³/mol. The van der Waals surface area contributed by atoms with Crippen LogP contribution in [-0.4, -0.2) is 17.4 Å². The zero-order valence-electron chi connectivity index (χ0n) is 15.1. The standard InChI is InChI=1S/C22H16Cl3NO2S/c23-16-4-1-14(2-5-16)11-22(28)26-17-6-8-18(9-7-17)29-13-21(27)15-3-10-19(24)20(25)12-15/h1-10,12H,11,13H2,(H,26,28). The molecule has 0 aliphatic carbocycles. The van der Waals surface area contributed by atoms with Crippen molar-refractivity contribution in [2.24, 2.45) is 0 Å². The van der Waals surface area contributed by atoms with Crippen molar-refractivity contribution in [1.29, 1.82) is 0 Å². The van der Waals surface area contributed by atoms with Gasteiger partial charge in [0.2, 0.25) is 5.91 Å². The molecular formula is C22H16Cl3NO2S. The summed E-state index contributed by atoms with van der Waals surface area (Å²) in [6, 6.07) is 19.4. The van der Waals surface area contributed by atoms with Gasteiger partial charge >= 0.3 is 0 Å². The highest BCUT2D eigenvalue weighted by Gasteiger charge is 2.09. The Labute approximate surface area is 188 Å². The van der Waals surface area contributed by atoms with E-state index >= 15 is 0 Å². The molecule has 0 saturated carbocycles. The van der Waals surface area contributed by atoms with Gasteiger partial charge in [0.1, 0.15) is 0 Å². The fourth-order valence-corrected chi connectivity index (χ4v) is 3.75. The summed E-state index contributed by atoms with van der Waals surface area (Å²) < 4.78 is 0. The molecule has 1 N–H and O–H groups in total. The SMILES string of the molecule is O=C(Cc1ccc(Cl)cc1)Nc1ccc(SCC(=O)c2ccc(Cl)c(Cl)c2)cc1.